The lowest BCUT2D eigenvalue weighted by atomic mass is 10.0. The van der Waals surface area contributed by atoms with Crippen molar-refractivity contribution >= 4 is 5.82 Å². The number of aromatic nitrogens is 2. The van der Waals surface area contributed by atoms with E-state index in [2.05, 4.69) is 48.1 Å². The molecule has 0 aromatic carbocycles. The van der Waals surface area contributed by atoms with Crippen LogP contribution < -0.4 is 5.32 Å². The number of likely N-dealkylation sites (N-methyl/N-ethyl adjacent to an activating group) is 1. The molecule has 102 valence electrons. The van der Waals surface area contributed by atoms with Crippen LogP contribution in [0.1, 0.15) is 31.7 Å². The van der Waals surface area contributed by atoms with Gasteiger partial charge in [-0.05, 0) is 40.3 Å². The third-order valence-corrected chi connectivity index (χ3v) is 2.89. The summed E-state index contributed by atoms with van der Waals surface area (Å²) in [5.74, 6) is 1.55. The third-order valence-electron chi connectivity index (χ3n) is 2.89. The van der Waals surface area contributed by atoms with Gasteiger partial charge in [-0.15, -0.1) is 0 Å². The highest BCUT2D eigenvalue weighted by Gasteiger charge is 2.13. The molecule has 0 saturated heterocycles. The summed E-state index contributed by atoms with van der Waals surface area (Å²) in [6.07, 6.45) is 2.96. The first kappa shape index (κ1) is 14.9. The van der Waals surface area contributed by atoms with Gasteiger partial charge in [-0.1, -0.05) is 13.8 Å². The summed E-state index contributed by atoms with van der Waals surface area (Å²) < 4.78 is 0. The first-order valence-corrected chi connectivity index (χ1v) is 6.60. The van der Waals surface area contributed by atoms with Crippen molar-refractivity contribution in [3.05, 3.63) is 17.6 Å². The molecule has 0 aliphatic heterocycles. The average molecular weight is 250 g/mol. The van der Waals surface area contributed by atoms with E-state index in [-0.39, 0.29) is 0 Å². The summed E-state index contributed by atoms with van der Waals surface area (Å²) in [5.41, 5.74) is 1.99. The van der Waals surface area contributed by atoms with Crippen LogP contribution in [0.4, 0.5) is 5.82 Å². The second-order valence-corrected chi connectivity index (χ2v) is 5.66. The molecule has 0 bridgehead atoms. The van der Waals surface area contributed by atoms with Crippen molar-refractivity contribution in [2.45, 2.75) is 40.2 Å². The Morgan fingerprint density at radius 2 is 1.89 bits per heavy atom. The number of hydrogen-bond acceptors (Lipinski definition) is 4. The second kappa shape index (κ2) is 6.69. The van der Waals surface area contributed by atoms with Crippen molar-refractivity contribution in [2.75, 3.05) is 26.0 Å². The van der Waals surface area contributed by atoms with Crippen molar-refractivity contribution in [2.24, 2.45) is 5.92 Å². The third kappa shape index (κ3) is 5.00. The molecule has 0 saturated carbocycles. The predicted octanol–water partition coefficient (Wildman–Crippen LogP) is 2.48. The van der Waals surface area contributed by atoms with E-state index in [1.54, 1.807) is 0 Å². The first-order valence-electron chi connectivity index (χ1n) is 6.60. The molecule has 1 heterocycles. The lowest BCUT2D eigenvalue weighted by molar-refractivity contribution is 0.356. The molecule has 1 rings (SSSR count). The van der Waals surface area contributed by atoms with Crippen molar-refractivity contribution in [1.82, 2.24) is 14.9 Å². The molecular formula is C14H26N4. The minimum atomic E-state index is 0.413. The summed E-state index contributed by atoms with van der Waals surface area (Å²) in [6, 6.07) is 0.413. The van der Waals surface area contributed by atoms with Gasteiger partial charge in [-0.3, -0.25) is 4.98 Å². The van der Waals surface area contributed by atoms with Gasteiger partial charge < -0.3 is 10.2 Å². The zero-order chi connectivity index (χ0) is 13.7. The maximum atomic E-state index is 4.53. The van der Waals surface area contributed by atoms with Gasteiger partial charge >= 0.3 is 0 Å². The average Bonchev–Trinajstić information content (AvgIpc) is 2.21. The zero-order valence-electron chi connectivity index (χ0n) is 12.5. The van der Waals surface area contributed by atoms with Crippen molar-refractivity contribution < 1.29 is 0 Å². The minimum Gasteiger partial charge on any atom is -0.365 e. The van der Waals surface area contributed by atoms with E-state index >= 15 is 0 Å². The lowest BCUT2D eigenvalue weighted by Gasteiger charge is -2.24. The normalized spacial score (nSPS) is 13.1. The molecule has 1 aromatic heterocycles. The van der Waals surface area contributed by atoms with Gasteiger partial charge in [0.15, 0.2) is 0 Å². The van der Waals surface area contributed by atoms with Crippen LogP contribution in [0.5, 0.6) is 0 Å². The number of nitrogens with one attached hydrogen (secondary N) is 1. The molecule has 4 nitrogen and oxygen atoms in total. The molecule has 1 N–H and O–H groups in total. The largest absolute Gasteiger partial charge is 0.365 e. The van der Waals surface area contributed by atoms with Crippen LogP contribution in [-0.4, -0.2) is 41.5 Å². The molecule has 0 radical (unpaired) electrons. The topological polar surface area (TPSA) is 41.1 Å². The van der Waals surface area contributed by atoms with E-state index in [1.807, 2.05) is 20.0 Å². The van der Waals surface area contributed by atoms with E-state index in [1.165, 1.54) is 0 Å². The van der Waals surface area contributed by atoms with Crippen LogP contribution in [0.25, 0.3) is 0 Å². The van der Waals surface area contributed by atoms with E-state index in [0.29, 0.717) is 12.0 Å². The zero-order valence-corrected chi connectivity index (χ0v) is 12.5. The fraction of sp³-hybridized carbons (Fsp3) is 0.714. The molecule has 0 spiro atoms. The Morgan fingerprint density at radius 3 is 2.39 bits per heavy atom. The van der Waals surface area contributed by atoms with Gasteiger partial charge in [0.05, 0.1) is 17.6 Å². The van der Waals surface area contributed by atoms with E-state index < -0.39 is 0 Å². The molecule has 0 aliphatic rings. The highest BCUT2D eigenvalue weighted by atomic mass is 15.1. The molecular weight excluding hydrogens is 224 g/mol. The molecule has 1 aromatic rings. The minimum absolute atomic E-state index is 0.413. The maximum Gasteiger partial charge on any atom is 0.145 e. The van der Waals surface area contributed by atoms with Crippen LogP contribution in [-0.2, 0) is 0 Å². The highest BCUT2D eigenvalue weighted by Crippen LogP contribution is 2.12. The Kier molecular flexibility index (Phi) is 5.54. The van der Waals surface area contributed by atoms with E-state index in [9.17, 15) is 0 Å². The first-order chi connectivity index (χ1) is 8.38. The number of nitrogens with zero attached hydrogens (tertiary/aromatic N) is 3. The fourth-order valence-corrected chi connectivity index (χ4v) is 2.01. The van der Waals surface area contributed by atoms with Crippen molar-refractivity contribution in [3.8, 4) is 0 Å². The molecule has 0 amide bonds. The molecule has 1 atom stereocenters. The monoisotopic (exact) mass is 250 g/mol. The fourth-order valence-electron chi connectivity index (χ4n) is 2.01. The number of hydrogen-bond donors (Lipinski definition) is 1. The summed E-state index contributed by atoms with van der Waals surface area (Å²) in [6.45, 7) is 9.48. The van der Waals surface area contributed by atoms with Gasteiger partial charge in [0.1, 0.15) is 5.82 Å². The predicted molar refractivity (Wildman–Crippen MR) is 76.9 cm³/mol. The summed E-state index contributed by atoms with van der Waals surface area (Å²) in [7, 11) is 4.20. The van der Waals surface area contributed by atoms with Crippen LogP contribution >= 0.6 is 0 Å². The molecule has 0 fully saturated rings. The number of rotatable bonds is 6. The maximum absolute atomic E-state index is 4.53. The standard InChI is InChI=1S/C14H26N4/c1-10(2)7-13(9-18(5)6)17-14-8-15-11(3)12(4)16-14/h8,10,13H,7,9H2,1-6H3,(H,16,17). The van der Waals surface area contributed by atoms with Gasteiger partial charge in [-0.25, -0.2) is 4.98 Å². The molecule has 4 heteroatoms. The van der Waals surface area contributed by atoms with Crippen LogP contribution in [0.2, 0.25) is 0 Å². The summed E-state index contributed by atoms with van der Waals surface area (Å²) in [4.78, 5) is 11.1. The Bertz CT molecular complexity index is 364. The van der Waals surface area contributed by atoms with Crippen molar-refractivity contribution in [1.29, 1.82) is 0 Å². The van der Waals surface area contributed by atoms with Gasteiger partial charge in [0, 0.05) is 12.6 Å². The quantitative estimate of drug-likeness (QED) is 0.842. The molecule has 1 unspecified atom stereocenters. The Hall–Kier alpha value is -1.16. The highest BCUT2D eigenvalue weighted by molar-refractivity contribution is 5.34. The van der Waals surface area contributed by atoms with Gasteiger partial charge in [0.25, 0.3) is 0 Å². The Labute approximate surface area is 111 Å². The van der Waals surface area contributed by atoms with Crippen LogP contribution in [0, 0.1) is 19.8 Å². The van der Waals surface area contributed by atoms with Gasteiger partial charge in [0.2, 0.25) is 0 Å². The lowest BCUT2D eigenvalue weighted by Crippen LogP contribution is -2.33. The van der Waals surface area contributed by atoms with E-state index in [0.717, 1.165) is 30.2 Å². The summed E-state index contributed by atoms with van der Waals surface area (Å²) >= 11 is 0. The summed E-state index contributed by atoms with van der Waals surface area (Å²) in [5, 5.41) is 3.49. The Balaban J connectivity index is 2.71. The van der Waals surface area contributed by atoms with Crippen LogP contribution in [0.15, 0.2) is 6.20 Å². The van der Waals surface area contributed by atoms with Crippen molar-refractivity contribution in [3.63, 3.8) is 0 Å². The smallest absolute Gasteiger partial charge is 0.145 e. The van der Waals surface area contributed by atoms with Gasteiger partial charge in [-0.2, -0.15) is 0 Å². The second-order valence-electron chi connectivity index (χ2n) is 5.66. The van der Waals surface area contributed by atoms with E-state index in [4.69, 9.17) is 0 Å². The number of aryl methyl sites for hydroxylation is 2. The Morgan fingerprint density at radius 1 is 1.22 bits per heavy atom. The SMILES string of the molecule is Cc1ncc(NC(CC(C)C)CN(C)C)nc1C. The number of anilines is 1. The molecule has 18 heavy (non-hydrogen) atoms. The molecule has 0 aliphatic carbocycles. The van der Waals surface area contributed by atoms with Crippen LogP contribution in [0.3, 0.4) is 0 Å².